The third-order valence-corrected chi connectivity index (χ3v) is 9.09. The summed E-state index contributed by atoms with van der Waals surface area (Å²) in [5.41, 5.74) is 2.19. The zero-order valence-corrected chi connectivity index (χ0v) is 23.1. The quantitative estimate of drug-likeness (QED) is 0.423. The topological polar surface area (TPSA) is 117 Å². The van der Waals surface area contributed by atoms with Gasteiger partial charge in [0.1, 0.15) is 11.9 Å². The number of anilines is 1. The number of pyridine rings is 3. The lowest BCUT2D eigenvalue weighted by Crippen LogP contribution is -2.61. The standard InChI is InChI=1S/C30H34FN5O5/c1-18-14-38-15-24(18)41-26-5-3-22-27(36-26)20(21(31)13-32-22)6-7-30-10-8-29(9-11-30,17-40-30)33-12-19-2-4-23-28(34-19)35-25(37)16-39-23/h2-5,13,18,24,33H,6-12,14-17H2,1H3,(H,34,35,37)/t18-,24-,29?,30?/m1/s1. The van der Waals surface area contributed by atoms with E-state index in [-0.39, 0.29) is 41.5 Å². The molecule has 4 aliphatic heterocycles. The highest BCUT2D eigenvalue weighted by atomic mass is 19.1. The van der Waals surface area contributed by atoms with Gasteiger partial charge in [0, 0.05) is 29.6 Å². The minimum absolute atomic E-state index is 0.0140. The molecule has 11 heteroatoms. The van der Waals surface area contributed by atoms with Gasteiger partial charge in [-0.3, -0.25) is 9.78 Å². The van der Waals surface area contributed by atoms with E-state index in [2.05, 4.69) is 32.5 Å². The average Bonchev–Trinajstić information content (AvgIpc) is 3.40. The predicted molar refractivity (Wildman–Crippen MR) is 147 cm³/mol. The van der Waals surface area contributed by atoms with Crippen LogP contribution in [0.2, 0.25) is 0 Å². The van der Waals surface area contributed by atoms with Crippen molar-refractivity contribution in [3.63, 3.8) is 0 Å². The molecule has 7 heterocycles. The highest BCUT2D eigenvalue weighted by Crippen LogP contribution is 2.46. The largest absolute Gasteiger partial charge is 0.480 e. The fraction of sp³-hybridized carbons (Fsp3) is 0.533. The number of carbonyl (C=O) groups excluding carboxylic acids is 1. The molecule has 216 valence electrons. The molecule has 0 spiro atoms. The Hall–Kier alpha value is -3.41. The van der Waals surface area contributed by atoms with Gasteiger partial charge in [0.2, 0.25) is 5.88 Å². The van der Waals surface area contributed by atoms with E-state index < -0.39 is 0 Å². The molecule has 1 amide bonds. The number of nitrogens with zero attached hydrogens (tertiary/aromatic N) is 3. The van der Waals surface area contributed by atoms with Crippen LogP contribution >= 0.6 is 0 Å². The van der Waals surface area contributed by atoms with Crippen molar-refractivity contribution in [2.75, 3.05) is 31.7 Å². The normalized spacial score (nSPS) is 28.8. The van der Waals surface area contributed by atoms with Crippen LogP contribution < -0.4 is 20.1 Å². The lowest BCUT2D eigenvalue weighted by molar-refractivity contribution is -0.165. The van der Waals surface area contributed by atoms with Crippen molar-refractivity contribution in [3.05, 3.63) is 47.5 Å². The van der Waals surface area contributed by atoms with Crippen LogP contribution in [-0.4, -0.2) is 64.5 Å². The lowest BCUT2D eigenvalue weighted by Gasteiger charge is -2.53. The van der Waals surface area contributed by atoms with Crippen molar-refractivity contribution in [1.82, 2.24) is 20.3 Å². The molecule has 0 radical (unpaired) electrons. The van der Waals surface area contributed by atoms with Gasteiger partial charge in [-0.25, -0.2) is 14.4 Å². The number of carbonyl (C=O) groups is 1. The summed E-state index contributed by atoms with van der Waals surface area (Å²) in [6.45, 7) is 4.45. The van der Waals surface area contributed by atoms with Crippen molar-refractivity contribution in [1.29, 1.82) is 0 Å². The van der Waals surface area contributed by atoms with Crippen molar-refractivity contribution in [2.45, 2.75) is 69.2 Å². The van der Waals surface area contributed by atoms with Crippen LogP contribution in [0.4, 0.5) is 10.2 Å². The van der Waals surface area contributed by atoms with Gasteiger partial charge in [-0.1, -0.05) is 6.92 Å². The molecule has 0 unspecified atom stereocenters. The molecule has 3 aromatic rings. The highest BCUT2D eigenvalue weighted by Gasteiger charge is 2.49. The third kappa shape index (κ3) is 5.22. The van der Waals surface area contributed by atoms with E-state index in [0.717, 1.165) is 31.4 Å². The molecular weight excluding hydrogens is 529 g/mol. The summed E-state index contributed by atoms with van der Waals surface area (Å²) in [4.78, 5) is 25.1. The number of ether oxygens (including phenoxy) is 4. The minimum Gasteiger partial charge on any atom is -0.480 e. The molecule has 5 aliphatic rings. The first-order valence-corrected chi connectivity index (χ1v) is 14.4. The number of hydrogen-bond donors (Lipinski definition) is 2. The second kappa shape index (κ2) is 10.5. The first-order valence-electron chi connectivity index (χ1n) is 14.4. The van der Waals surface area contributed by atoms with Gasteiger partial charge < -0.3 is 29.6 Å². The fourth-order valence-corrected chi connectivity index (χ4v) is 6.38. The zero-order chi connectivity index (χ0) is 28.0. The van der Waals surface area contributed by atoms with Gasteiger partial charge in [0.05, 0.1) is 48.3 Å². The first-order chi connectivity index (χ1) is 19.9. The Labute approximate surface area is 237 Å². The maximum atomic E-state index is 15.1. The van der Waals surface area contributed by atoms with Crippen LogP contribution in [0.3, 0.4) is 0 Å². The number of halogens is 1. The third-order valence-electron chi connectivity index (χ3n) is 9.09. The first kappa shape index (κ1) is 26.5. The summed E-state index contributed by atoms with van der Waals surface area (Å²) in [5.74, 6) is 1.25. The Morgan fingerprint density at radius 3 is 2.80 bits per heavy atom. The Kier molecular flexibility index (Phi) is 6.75. The van der Waals surface area contributed by atoms with Crippen LogP contribution in [-0.2, 0) is 27.2 Å². The molecule has 0 aromatic carbocycles. The van der Waals surface area contributed by atoms with Gasteiger partial charge in [-0.05, 0) is 56.7 Å². The Bertz CT molecular complexity index is 1460. The van der Waals surface area contributed by atoms with E-state index in [9.17, 15) is 4.79 Å². The molecule has 10 nitrogen and oxygen atoms in total. The molecule has 8 rings (SSSR count). The number of nitrogens with one attached hydrogen (secondary N) is 2. The van der Waals surface area contributed by atoms with Gasteiger partial charge >= 0.3 is 0 Å². The molecular formula is C30H34FN5O5. The summed E-state index contributed by atoms with van der Waals surface area (Å²) >= 11 is 0. The van der Waals surface area contributed by atoms with E-state index in [1.807, 2.05) is 18.2 Å². The second-order valence-electron chi connectivity index (χ2n) is 11.9. The molecule has 3 aromatic heterocycles. The van der Waals surface area contributed by atoms with Crippen molar-refractivity contribution >= 4 is 22.8 Å². The van der Waals surface area contributed by atoms with Gasteiger partial charge in [-0.2, -0.15) is 0 Å². The zero-order valence-electron chi connectivity index (χ0n) is 23.1. The van der Waals surface area contributed by atoms with E-state index >= 15 is 4.39 Å². The summed E-state index contributed by atoms with van der Waals surface area (Å²) < 4.78 is 38.6. The van der Waals surface area contributed by atoms with E-state index in [0.29, 0.717) is 73.3 Å². The molecule has 2 N–H and O–H groups in total. The molecule has 1 aliphatic carbocycles. The number of fused-ring (bicyclic) bond motifs is 5. The molecule has 2 atom stereocenters. The molecule has 1 saturated carbocycles. The molecule has 2 bridgehead atoms. The summed E-state index contributed by atoms with van der Waals surface area (Å²) in [5, 5.41) is 6.44. The molecule has 4 fully saturated rings. The summed E-state index contributed by atoms with van der Waals surface area (Å²) in [7, 11) is 0. The van der Waals surface area contributed by atoms with Crippen molar-refractivity contribution < 1.29 is 28.1 Å². The smallest absolute Gasteiger partial charge is 0.263 e. The predicted octanol–water partition coefficient (Wildman–Crippen LogP) is 3.71. The minimum atomic E-state index is -0.349. The van der Waals surface area contributed by atoms with Crippen LogP contribution in [0.1, 0.15) is 50.3 Å². The Balaban J connectivity index is 0.997. The van der Waals surface area contributed by atoms with Gasteiger partial charge in [0.25, 0.3) is 5.91 Å². The SMILES string of the molecule is C[C@@H]1COC[C@H]1Oc1ccc2ncc(F)c(CCC34CCC(NCc5ccc6c(n5)NC(=O)CO6)(CC3)CO4)c2n1. The Morgan fingerprint density at radius 1 is 1.15 bits per heavy atom. The highest BCUT2D eigenvalue weighted by molar-refractivity contribution is 5.94. The van der Waals surface area contributed by atoms with Crippen molar-refractivity contribution in [3.8, 4) is 11.6 Å². The maximum Gasteiger partial charge on any atom is 0.263 e. The van der Waals surface area contributed by atoms with Crippen LogP contribution in [0, 0.1) is 11.7 Å². The van der Waals surface area contributed by atoms with E-state index in [1.165, 1.54) is 6.20 Å². The monoisotopic (exact) mass is 563 g/mol. The van der Waals surface area contributed by atoms with E-state index in [4.69, 9.17) is 18.9 Å². The Morgan fingerprint density at radius 2 is 2.02 bits per heavy atom. The fourth-order valence-electron chi connectivity index (χ4n) is 6.38. The van der Waals surface area contributed by atoms with Crippen LogP contribution in [0.5, 0.6) is 11.6 Å². The number of aryl methyl sites for hydroxylation is 1. The van der Waals surface area contributed by atoms with Gasteiger partial charge in [0.15, 0.2) is 18.2 Å². The molecule has 3 saturated heterocycles. The second-order valence-corrected chi connectivity index (χ2v) is 11.9. The van der Waals surface area contributed by atoms with Gasteiger partial charge in [-0.15, -0.1) is 0 Å². The van der Waals surface area contributed by atoms with E-state index in [1.54, 1.807) is 6.07 Å². The number of amides is 1. The summed E-state index contributed by atoms with van der Waals surface area (Å²) in [6, 6.07) is 7.39. The lowest BCUT2D eigenvalue weighted by atomic mass is 9.69. The number of hydrogen-bond acceptors (Lipinski definition) is 9. The molecule has 41 heavy (non-hydrogen) atoms. The summed E-state index contributed by atoms with van der Waals surface area (Å²) in [6.07, 6.45) is 6.18. The average molecular weight is 564 g/mol. The van der Waals surface area contributed by atoms with Crippen molar-refractivity contribution in [2.24, 2.45) is 5.92 Å². The number of aromatic nitrogens is 3. The van der Waals surface area contributed by atoms with Crippen LogP contribution in [0.15, 0.2) is 30.5 Å². The number of rotatable bonds is 8. The van der Waals surface area contributed by atoms with Crippen LogP contribution in [0.25, 0.3) is 11.0 Å². The maximum absolute atomic E-state index is 15.1.